The molecule has 2 aromatic carbocycles. The van der Waals surface area contributed by atoms with Gasteiger partial charge in [0.15, 0.2) is 5.78 Å². The van der Waals surface area contributed by atoms with E-state index in [1.165, 1.54) is 5.01 Å². The highest BCUT2D eigenvalue weighted by molar-refractivity contribution is 6.02. The van der Waals surface area contributed by atoms with Crippen molar-refractivity contribution in [1.82, 2.24) is 15.5 Å². The van der Waals surface area contributed by atoms with Gasteiger partial charge >= 0.3 is 5.97 Å². The Hall–Kier alpha value is -4.38. The number of nitrogens with zero attached hydrogens (tertiary/aromatic N) is 3. The van der Waals surface area contributed by atoms with Crippen molar-refractivity contribution in [2.24, 2.45) is 0 Å². The van der Waals surface area contributed by atoms with E-state index in [9.17, 15) is 14.4 Å². The highest BCUT2D eigenvalue weighted by atomic mass is 16.7. The number of hydrogen-bond acceptors (Lipinski definition) is 10. The zero-order chi connectivity index (χ0) is 26.4. The number of aromatic nitrogens is 1. The quantitative estimate of drug-likeness (QED) is 0.552. The van der Waals surface area contributed by atoms with E-state index < -0.39 is 11.6 Å². The number of likely N-dealkylation sites (tertiary alicyclic amines) is 1. The van der Waals surface area contributed by atoms with Crippen LogP contribution in [0.25, 0.3) is 10.9 Å². The average Bonchev–Trinajstić information content (AvgIpc) is 3.38. The Bertz CT molecular complexity index is 1470. The molecule has 11 heteroatoms. The van der Waals surface area contributed by atoms with Crippen molar-refractivity contribution in [1.29, 1.82) is 0 Å². The molecular weight excluding hydrogens is 492 g/mol. The maximum absolute atomic E-state index is 13.4. The highest BCUT2D eigenvalue weighted by Crippen LogP contribution is 2.41. The number of Topliss-reactive ketones (excluding diaryl/α,β-unsaturated/α-hetero) is 1. The van der Waals surface area contributed by atoms with Crippen LogP contribution in [0.3, 0.4) is 0 Å². The van der Waals surface area contributed by atoms with E-state index in [4.69, 9.17) is 19.0 Å². The van der Waals surface area contributed by atoms with Crippen LogP contribution in [0.15, 0.2) is 42.5 Å². The Morgan fingerprint density at radius 1 is 1.05 bits per heavy atom. The standard InChI is InChI=1S/C27H26N4O7/c1-35-22-5-3-4-17-23(36-2)13-19(28-25(17)22)26(34)30-10-8-27(9-11-30)14-20(32)18-12-16(6-7-21(18)37-27)31-15-24(33)38-29-31/h3-7,12-13,29H,8-11,14-15H2,1-2H3. The van der Waals surface area contributed by atoms with Gasteiger partial charge in [-0.2, -0.15) is 0 Å². The number of nitrogens with one attached hydrogen (secondary N) is 1. The highest BCUT2D eigenvalue weighted by Gasteiger charge is 2.44. The number of para-hydroxylation sites is 1. The molecule has 6 rings (SSSR count). The van der Waals surface area contributed by atoms with E-state index in [-0.39, 0.29) is 30.3 Å². The molecule has 2 fully saturated rings. The number of ether oxygens (including phenoxy) is 3. The number of fused-ring (bicyclic) bond motifs is 2. The van der Waals surface area contributed by atoms with E-state index >= 15 is 0 Å². The predicted octanol–water partition coefficient (Wildman–Crippen LogP) is 2.68. The van der Waals surface area contributed by atoms with Crippen LogP contribution in [0.4, 0.5) is 5.69 Å². The minimum atomic E-state index is -0.676. The van der Waals surface area contributed by atoms with E-state index in [0.29, 0.717) is 59.9 Å². The Balaban J connectivity index is 1.19. The number of ketones is 1. The summed E-state index contributed by atoms with van der Waals surface area (Å²) in [5.41, 5.74) is 3.78. The third-order valence-electron chi connectivity index (χ3n) is 7.33. The summed E-state index contributed by atoms with van der Waals surface area (Å²) in [7, 11) is 3.12. The zero-order valence-corrected chi connectivity index (χ0v) is 21.0. The van der Waals surface area contributed by atoms with Gasteiger partial charge in [0.2, 0.25) is 0 Å². The van der Waals surface area contributed by atoms with Gasteiger partial charge in [-0.3, -0.25) is 14.6 Å². The Labute approximate surface area is 218 Å². The second-order valence-corrected chi connectivity index (χ2v) is 9.58. The molecule has 1 aromatic heterocycles. The fraction of sp³-hybridized carbons (Fsp3) is 0.333. The number of hydrazine groups is 1. The van der Waals surface area contributed by atoms with E-state index in [1.807, 2.05) is 12.1 Å². The minimum absolute atomic E-state index is 0.0349. The van der Waals surface area contributed by atoms with Crippen molar-refractivity contribution in [3.8, 4) is 17.2 Å². The molecule has 0 unspecified atom stereocenters. The molecule has 0 aliphatic carbocycles. The van der Waals surface area contributed by atoms with Gasteiger partial charge in [0, 0.05) is 37.4 Å². The number of piperidine rings is 1. The van der Waals surface area contributed by atoms with Gasteiger partial charge in [0.05, 0.1) is 31.9 Å². The molecule has 2 saturated heterocycles. The molecule has 1 N–H and O–H groups in total. The van der Waals surface area contributed by atoms with Gasteiger partial charge in [-0.25, -0.2) is 9.78 Å². The lowest BCUT2D eigenvalue weighted by Crippen LogP contribution is -2.52. The Morgan fingerprint density at radius 2 is 1.84 bits per heavy atom. The molecule has 1 spiro atoms. The number of carbonyl (C=O) groups is 3. The van der Waals surface area contributed by atoms with Gasteiger partial charge in [0.25, 0.3) is 5.91 Å². The molecular formula is C27H26N4O7. The lowest BCUT2D eigenvalue weighted by molar-refractivity contribution is -0.142. The molecule has 3 aliphatic rings. The van der Waals surface area contributed by atoms with Crippen LogP contribution < -0.4 is 24.8 Å². The van der Waals surface area contributed by atoms with Crippen LogP contribution in [0, 0.1) is 0 Å². The number of benzene rings is 2. The summed E-state index contributed by atoms with van der Waals surface area (Å²) in [4.78, 5) is 49.1. The number of rotatable bonds is 4. The minimum Gasteiger partial charge on any atom is -0.496 e. The van der Waals surface area contributed by atoms with Crippen LogP contribution in [-0.2, 0) is 9.63 Å². The van der Waals surface area contributed by atoms with Crippen molar-refractivity contribution in [3.05, 3.63) is 53.7 Å². The second-order valence-electron chi connectivity index (χ2n) is 9.58. The van der Waals surface area contributed by atoms with Crippen LogP contribution in [0.5, 0.6) is 17.2 Å². The first-order chi connectivity index (χ1) is 18.4. The molecule has 3 aliphatic heterocycles. The van der Waals surface area contributed by atoms with Crippen molar-refractivity contribution < 1.29 is 33.4 Å². The summed E-state index contributed by atoms with van der Waals surface area (Å²) in [6.07, 6.45) is 1.24. The largest absolute Gasteiger partial charge is 0.496 e. The first-order valence-corrected chi connectivity index (χ1v) is 12.3. The second kappa shape index (κ2) is 9.18. The van der Waals surface area contributed by atoms with E-state index in [0.717, 1.165) is 5.39 Å². The SMILES string of the molecule is COc1cc(C(=O)N2CCC3(CC2)CC(=O)c2cc(N4CC(=O)ON4)ccc2O3)nc2c(OC)cccc12. The third-order valence-corrected chi connectivity index (χ3v) is 7.33. The van der Waals surface area contributed by atoms with Gasteiger partial charge in [-0.05, 0) is 30.3 Å². The summed E-state index contributed by atoms with van der Waals surface area (Å²) in [5.74, 6) is 0.957. The molecule has 0 bridgehead atoms. The predicted molar refractivity (Wildman–Crippen MR) is 135 cm³/mol. The topological polar surface area (TPSA) is 120 Å². The monoisotopic (exact) mass is 518 g/mol. The summed E-state index contributed by atoms with van der Waals surface area (Å²) in [6.45, 7) is 0.891. The Morgan fingerprint density at radius 3 is 2.55 bits per heavy atom. The van der Waals surface area contributed by atoms with E-state index in [1.54, 1.807) is 49.5 Å². The molecule has 0 radical (unpaired) electrons. The molecule has 1 amide bonds. The molecule has 38 heavy (non-hydrogen) atoms. The van der Waals surface area contributed by atoms with Crippen LogP contribution in [0.1, 0.15) is 40.1 Å². The maximum Gasteiger partial charge on any atom is 0.347 e. The van der Waals surface area contributed by atoms with Gasteiger partial charge < -0.3 is 23.9 Å². The summed E-state index contributed by atoms with van der Waals surface area (Å²) in [5, 5.41) is 2.28. The number of amides is 1. The van der Waals surface area contributed by atoms with Crippen molar-refractivity contribution >= 4 is 34.3 Å². The number of carbonyl (C=O) groups excluding carboxylic acids is 3. The number of hydrogen-bond donors (Lipinski definition) is 1. The van der Waals surface area contributed by atoms with Crippen molar-refractivity contribution in [2.75, 3.05) is 38.9 Å². The first kappa shape index (κ1) is 24.0. The number of pyridine rings is 1. The van der Waals surface area contributed by atoms with Crippen molar-refractivity contribution in [3.63, 3.8) is 0 Å². The summed E-state index contributed by atoms with van der Waals surface area (Å²) < 4.78 is 17.4. The third kappa shape index (κ3) is 4.04. The van der Waals surface area contributed by atoms with Gasteiger partial charge in [-0.15, -0.1) is 0 Å². The fourth-order valence-electron chi connectivity index (χ4n) is 5.29. The smallest absolute Gasteiger partial charge is 0.347 e. The summed E-state index contributed by atoms with van der Waals surface area (Å²) >= 11 is 0. The number of methoxy groups -OCH3 is 2. The van der Waals surface area contributed by atoms with Gasteiger partial charge in [0.1, 0.15) is 40.6 Å². The first-order valence-electron chi connectivity index (χ1n) is 12.3. The van der Waals surface area contributed by atoms with Crippen LogP contribution in [-0.4, -0.2) is 67.0 Å². The van der Waals surface area contributed by atoms with Crippen LogP contribution >= 0.6 is 0 Å². The summed E-state index contributed by atoms with van der Waals surface area (Å²) in [6, 6.07) is 12.4. The lowest BCUT2D eigenvalue weighted by Gasteiger charge is -2.44. The maximum atomic E-state index is 13.4. The number of anilines is 1. The van der Waals surface area contributed by atoms with Gasteiger partial charge in [-0.1, -0.05) is 11.7 Å². The molecule has 11 nitrogen and oxygen atoms in total. The zero-order valence-electron chi connectivity index (χ0n) is 21.0. The molecule has 4 heterocycles. The average molecular weight is 519 g/mol. The van der Waals surface area contributed by atoms with Crippen LogP contribution in [0.2, 0.25) is 0 Å². The molecule has 196 valence electrons. The lowest BCUT2D eigenvalue weighted by atomic mass is 9.82. The molecule has 0 saturated carbocycles. The molecule has 3 aromatic rings. The normalized spacial score (nSPS) is 18.3. The van der Waals surface area contributed by atoms with Crippen molar-refractivity contribution in [2.45, 2.75) is 24.9 Å². The molecule has 0 atom stereocenters. The fourth-order valence-corrected chi connectivity index (χ4v) is 5.29. The van der Waals surface area contributed by atoms with E-state index in [2.05, 4.69) is 10.6 Å². The Kier molecular flexibility index (Phi) is 5.79.